The molecule has 2 aliphatic heterocycles. The highest BCUT2D eigenvalue weighted by molar-refractivity contribution is 7.91. The van der Waals surface area contributed by atoms with Crippen LogP contribution in [0, 0.1) is 5.92 Å². The van der Waals surface area contributed by atoms with Crippen LogP contribution in [0.15, 0.2) is 0 Å². The third-order valence-corrected chi connectivity index (χ3v) is 6.02. The van der Waals surface area contributed by atoms with Gasteiger partial charge in [0.25, 0.3) is 0 Å². The molecule has 0 spiro atoms. The van der Waals surface area contributed by atoms with Crippen molar-refractivity contribution in [1.29, 1.82) is 0 Å². The van der Waals surface area contributed by atoms with Crippen molar-refractivity contribution in [3.05, 3.63) is 0 Å². The number of nitrogens with zero attached hydrogens (tertiary/aromatic N) is 1. The van der Waals surface area contributed by atoms with Gasteiger partial charge in [-0.1, -0.05) is 0 Å². The zero-order valence-corrected chi connectivity index (χ0v) is 13.4. The number of primary amides is 1. The number of nitrogens with two attached hydrogens (primary N) is 1. The van der Waals surface area contributed by atoms with Gasteiger partial charge >= 0.3 is 6.03 Å². The van der Waals surface area contributed by atoms with Gasteiger partial charge in [-0.25, -0.2) is 13.2 Å². The van der Waals surface area contributed by atoms with Crippen molar-refractivity contribution >= 4 is 21.8 Å². The monoisotopic (exact) mass is 332 g/mol. The van der Waals surface area contributed by atoms with E-state index >= 15 is 0 Å². The van der Waals surface area contributed by atoms with Crippen molar-refractivity contribution < 1.29 is 18.0 Å². The summed E-state index contributed by atoms with van der Waals surface area (Å²) in [6.07, 6.45) is 2.17. The molecule has 1 atom stereocenters. The van der Waals surface area contributed by atoms with E-state index in [1.807, 2.05) is 4.90 Å². The molecule has 2 heterocycles. The van der Waals surface area contributed by atoms with Gasteiger partial charge in [0.05, 0.1) is 18.1 Å². The number of sulfone groups is 1. The molecule has 0 unspecified atom stereocenters. The molecule has 126 valence electrons. The summed E-state index contributed by atoms with van der Waals surface area (Å²) in [4.78, 5) is 24.6. The number of likely N-dealkylation sites (tertiary alicyclic amines) is 1. The molecule has 9 heteroatoms. The van der Waals surface area contributed by atoms with E-state index in [0.29, 0.717) is 13.0 Å². The molecule has 0 aromatic rings. The number of rotatable bonds is 5. The molecule has 3 amide bonds. The van der Waals surface area contributed by atoms with E-state index in [1.165, 1.54) is 0 Å². The summed E-state index contributed by atoms with van der Waals surface area (Å²) >= 11 is 0. The highest BCUT2D eigenvalue weighted by atomic mass is 32.2. The second kappa shape index (κ2) is 7.28. The highest BCUT2D eigenvalue weighted by Crippen LogP contribution is 2.17. The molecular weight excluding hydrogens is 308 g/mol. The number of amides is 3. The van der Waals surface area contributed by atoms with E-state index in [2.05, 4.69) is 10.6 Å². The summed E-state index contributed by atoms with van der Waals surface area (Å²) in [5, 5.41) is 5.65. The quantitative estimate of drug-likeness (QED) is 0.576. The number of nitrogens with one attached hydrogen (secondary N) is 2. The van der Waals surface area contributed by atoms with Crippen LogP contribution in [-0.4, -0.2) is 69.0 Å². The van der Waals surface area contributed by atoms with Gasteiger partial charge in [0, 0.05) is 25.7 Å². The number of piperidine rings is 1. The molecule has 0 saturated carbocycles. The first-order valence-corrected chi connectivity index (χ1v) is 9.41. The molecule has 2 aliphatic rings. The largest absolute Gasteiger partial charge is 0.369 e. The standard InChI is InChI=1S/C13H24N4O4S/c14-12(18)8-17-4-1-11(2-5-17)16-13(19)15-7-10-3-6-22(20,21)9-10/h10-11H,1-9H2,(H2,14,18)(H2,15,16,19)/t10-/m1/s1. The Morgan fingerprint density at radius 2 is 1.86 bits per heavy atom. The van der Waals surface area contributed by atoms with Crippen molar-refractivity contribution in [2.24, 2.45) is 11.7 Å². The Kier molecular flexibility index (Phi) is 5.63. The molecule has 0 aromatic heterocycles. The van der Waals surface area contributed by atoms with Gasteiger partial charge in [0.2, 0.25) is 5.91 Å². The Morgan fingerprint density at radius 1 is 1.18 bits per heavy atom. The van der Waals surface area contributed by atoms with Gasteiger partial charge < -0.3 is 16.4 Å². The molecule has 0 bridgehead atoms. The zero-order chi connectivity index (χ0) is 16.2. The summed E-state index contributed by atoms with van der Waals surface area (Å²) in [5.41, 5.74) is 5.15. The van der Waals surface area contributed by atoms with Gasteiger partial charge in [-0.2, -0.15) is 0 Å². The lowest BCUT2D eigenvalue weighted by molar-refractivity contribution is -0.119. The first kappa shape index (κ1) is 17.0. The van der Waals surface area contributed by atoms with Crippen LogP contribution in [0.25, 0.3) is 0 Å². The van der Waals surface area contributed by atoms with Crippen LogP contribution in [0.4, 0.5) is 4.79 Å². The molecule has 2 saturated heterocycles. The first-order valence-electron chi connectivity index (χ1n) is 7.59. The van der Waals surface area contributed by atoms with Crippen LogP contribution in [-0.2, 0) is 14.6 Å². The number of urea groups is 1. The van der Waals surface area contributed by atoms with E-state index in [0.717, 1.165) is 25.9 Å². The van der Waals surface area contributed by atoms with Crippen molar-refractivity contribution in [1.82, 2.24) is 15.5 Å². The van der Waals surface area contributed by atoms with Gasteiger partial charge in [0.1, 0.15) is 0 Å². The normalized spacial score (nSPS) is 25.7. The molecule has 2 fully saturated rings. The zero-order valence-electron chi connectivity index (χ0n) is 12.6. The molecule has 8 nitrogen and oxygen atoms in total. The summed E-state index contributed by atoms with van der Waals surface area (Å²) in [5.74, 6) is 0.0711. The fourth-order valence-electron chi connectivity index (χ4n) is 2.96. The summed E-state index contributed by atoms with van der Waals surface area (Å²) in [7, 11) is -2.90. The van der Waals surface area contributed by atoms with Gasteiger partial charge in [0.15, 0.2) is 9.84 Å². The van der Waals surface area contributed by atoms with Crippen molar-refractivity contribution in [3.8, 4) is 0 Å². The van der Waals surface area contributed by atoms with E-state index in [4.69, 9.17) is 5.73 Å². The minimum absolute atomic E-state index is 0.0214. The van der Waals surface area contributed by atoms with Crippen LogP contribution < -0.4 is 16.4 Å². The third-order valence-electron chi connectivity index (χ3n) is 4.18. The Hall–Kier alpha value is -1.35. The van der Waals surface area contributed by atoms with Crippen molar-refractivity contribution in [3.63, 3.8) is 0 Å². The number of hydrogen-bond donors (Lipinski definition) is 3. The average Bonchev–Trinajstić information content (AvgIpc) is 2.78. The third kappa shape index (κ3) is 5.45. The maximum atomic E-state index is 11.8. The predicted octanol–water partition coefficient (Wildman–Crippen LogP) is -1.33. The predicted molar refractivity (Wildman–Crippen MR) is 82.0 cm³/mol. The molecule has 0 aromatic carbocycles. The SMILES string of the molecule is NC(=O)CN1CCC(NC(=O)NC[C@H]2CCS(=O)(=O)C2)CC1. The summed E-state index contributed by atoms with van der Waals surface area (Å²) in [6, 6.07) is -0.172. The maximum Gasteiger partial charge on any atom is 0.315 e. The lowest BCUT2D eigenvalue weighted by Gasteiger charge is -2.31. The molecule has 0 radical (unpaired) electrons. The van der Waals surface area contributed by atoms with E-state index in [-0.39, 0.29) is 41.9 Å². The average molecular weight is 332 g/mol. The maximum absolute atomic E-state index is 11.8. The van der Waals surface area contributed by atoms with Gasteiger partial charge in [-0.15, -0.1) is 0 Å². The lowest BCUT2D eigenvalue weighted by Crippen LogP contribution is -2.49. The molecular formula is C13H24N4O4S. The molecule has 2 rings (SSSR count). The van der Waals surface area contributed by atoms with Crippen LogP contribution in [0.5, 0.6) is 0 Å². The summed E-state index contributed by atoms with van der Waals surface area (Å²) < 4.78 is 22.7. The number of carbonyl (C=O) groups is 2. The number of hydrogen-bond acceptors (Lipinski definition) is 5. The molecule has 22 heavy (non-hydrogen) atoms. The minimum Gasteiger partial charge on any atom is -0.369 e. The Morgan fingerprint density at radius 3 is 2.41 bits per heavy atom. The smallest absolute Gasteiger partial charge is 0.315 e. The minimum atomic E-state index is -2.90. The van der Waals surface area contributed by atoms with E-state index < -0.39 is 9.84 Å². The lowest BCUT2D eigenvalue weighted by atomic mass is 10.1. The highest BCUT2D eigenvalue weighted by Gasteiger charge is 2.28. The second-order valence-corrected chi connectivity index (χ2v) is 8.37. The fourth-order valence-corrected chi connectivity index (χ4v) is 4.82. The van der Waals surface area contributed by atoms with Gasteiger partial charge in [-0.3, -0.25) is 9.69 Å². The van der Waals surface area contributed by atoms with E-state index in [9.17, 15) is 18.0 Å². The number of carbonyl (C=O) groups excluding carboxylic acids is 2. The summed E-state index contributed by atoms with van der Waals surface area (Å²) in [6.45, 7) is 2.12. The fraction of sp³-hybridized carbons (Fsp3) is 0.846. The van der Waals surface area contributed by atoms with Crippen molar-refractivity contribution in [2.75, 3.05) is 37.7 Å². The Balaban J connectivity index is 1.63. The van der Waals surface area contributed by atoms with Gasteiger partial charge in [-0.05, 0) is 25.2 Å². The van der Waals surface area contributed by atoms with Crippen LogP contribution in [0.1, 0.15) is 19.3 Å². The van der Waals surface area contributed by atoms with Crippen LogP contribution in [0.2, 0.25) is 0 Å². The van der Waals surface area contributed by atoms with Crippen LogP contribution >= 0.6 is 0 Å². The Bertz CT molecular complexity index is 514. The van der Waals surface area contributed by atoms with E-state index in [1.54, 1.807) is 0 Å². The Labute approximate surface area is 130 Å². The van der Waals surface area contributed by atoms with Crippen LogP contribution in [0.3, 0.4) is 0 Å². The molecule has 0 aliphatic carbocycles. The topological polar surface area (TPSA) is 122 Å². The second-order valence-electron chi connectivity index (χ2n) is 6.14. The molecule has 4 N–H and O–H groups in total. The first-order chi connectivity index (χ1) is 10.3. The van der Waals surface area contributed by atoms with Crippen molar-refractivity contribution in [2.45, 2.75) is 25.3 Å².